The molecule has 82 valence electrons. The highest BCUT2D eigenvalue weighted by Crippen LogP contribution is 2.20. The van der Waals surface area contributed by atoms with Crippen LogP contribution in [0.2, 0.25) is 0 Å². The topological polar surface area (TPSA) is 102 Å². The standard InChI is InChI=1S/C9H12FN3O2/c10-6-2-1-5(3-7(6)14)8(15)4-13-9(11)12/h1-3,8,14-15H,4H2,(H4,11,12,13)/t8-/m0/s1. The molecule has 0 spiro atoms. The van der Waals surface area contributed by atoms with Crippen LogP contribution < -0.4 is 11.1 Å². The Morgan fingerprint density at radius 2 is 2.27 bits per heavy atom. The molecular formula is C9H12FN3O2. The van der Waals surface area contributed by atoms with Gasteiger partial charge in [0.25, 0.3) is 0 Å². The number of aromatic hydroxyl groups is 1. The molecule has 0 saturated heterocycles. The van der Waals surface area contributed by atoms with Gasteiger partial charge in [-0.15, -0.1) is 0 Å². The number of benzene rings is 1. The third-order valence-electron chi connectivity index (χ3n) is 1.84. The van der Waals surface area contributed by atoms with E-state index in [-0.39, 0.29) is 12.5 Å². The highest BCUT2D eigenvalue weighted by molar-refractivity contribution is 5.74. The molecule has 1 aromatic carbocycles. The Kier molecular flexibility index (Phi) is 3.46. The van der Waals surface area contributed by atoms with E-state index in [2.05, 4.69) is 5.32 Å². The normalized spacial score (nSPS) is 12.1. The Labute approximate surface area is 85.9 Å². The molecule has 0 radical (unpaired) electrons. The maximum Gasteiger partial charge on any atom is 0.185 e. The molecule has 0 unspecified atom stereocenters. The van der Waals surface area contributed by atoms with E-state index < -0.39 is 17.7 Å². The van der Waals surface area contributed by atoms with Gasteiger partial charge in [-0.05, 0) is 17.7 Å². The number of phenolic OH excluding ortho intramolecular Hbond substituents is 1. The summed E-state index contributed by atoms with van der Waals surface area (Å²) in [5.74, 6) is -1.53. The van der Waals surface area contributed by atoms with Crippen molar-refractivity contribution in [3.8, 4) is 5.75 Å². The summed E-state index contributed by atoms with van der Waals surface area (Å²) in [5.41, 5.74) is 5.37. The van der Waals surface area contributed by atoms with E-state index in [9.17, 15) is 9.50 Å². The van der Waals surface area contributed by atoms with Gasteiger partial charge >= 0.3 is 0 Å². The zero-order chi connectivity index (χ0) is 11.4. The van der Waals surface area contributed by atoms with Crippen LogP contribution in [0.15, 0.2) is 18.2 Å². The molecule has 0 aliphatic heterocycles. The van der Waals surface area contributed by atoms with Crippen LogP contribution in [-0.4, -0.2) is 22.7 Å². The van der Waals surface area contributed by atoms with Crippen molar-refractivity contribution in [1.82, 2.24) is 5.32 Å². The van der Waals surface area contributed by atoms with Crippen molar-refractivity contribution in [1.29, 1.82) is 5.41 Å². The minimum atomic E-state index is -0.958. The predicted octanol–water partition coefficient (Wildman–Crippen LogP) is 0.0478. The van der Waals surface area contributed by atoms with Crippen LogP contribution >= 0.6 is 0 Å². The maximum atomic E-state index is 12.7. The van der Waals surface area contributed by atoms with E-state index >= 15 is 0 Å². The Bertz CT molecular complexity index is 370. The number of hydrogen-bond donors (Lipinski definition) is 5. The number of nitrogens with two attached hydrogens (primary N) is 1. The van der Waals surface area contributed by atoms with E-state index in [1.54, 1.807) is 0 Å². The molecule has 0 bridgehead atoms. The average molecular weight is 213 g/mol. The third-order valence-corrected chi connectivity index (χ3v) is 1.84. The Morgan fingerprint density at radius 3 is 2.80 bits per heavy atom. The van der Waals surface area contributed by atoms with Crippen molar-refractivity contribution in [3.63, 3.8) is 0 Å². The van der Waals surface area contributed by atoms with Crippen LogP contribution in [0.1, 0.15) is 11.7 Å². The summed E-state index contributed by atoms with van der Waals surface area (Å²) in [6.07, 6.45) is -0.958. The van der Waals surface area contributed by atoms with E-state index in [0.717, 1.165) is 12.1 Å². The molecule has 0 amide bonds. The first-order valence-electron chi connectivity index (χ1n) is 4.25. The van der Waals surface area contributed by atoms with Crippen molar-refractivity contribution in [2.24, 2.45) is 5.73 Å². The van der Waals surface area contributed by atoms with E-state index in [1.165, 1.54) is 6.07 Å². The number of nitrogens with one attached hydrogen (secondary N) is 2. The molecule has 0 aliphatic rings. The number of aliphatic hydroxyl groups is 1. The summed E-state index contributed by atoms with van der Waals surface area (Å²) >= 11 is 0. The van der Waals surface area contributed by atoms with Gasteiger partial charge in [0, 0.05) is 6.54 Å². The molecule has 0 saturated carbocycles. The molecule has 6 heteroatoms. The van der Waals surface area contributed by atoms with Crippen molar-refractivity contribution in [3.05, 3.63) is 29.6 Å². The molecule has 0 aromatic heterocycles. The number of guanidine groups is 1. The number of hydrogen-bond acceptors (Lipinski definition) is 3. The minimum Gasteiger partial charge on any atom is -0.505 e. The molecule has 0 fully saturated rings. The van der Waals surface area contributed by atoms with Gasteiger partial charge < -0.3 is 21.3 Å². The first kappa shape index (κ1) is 11.3. The lowest BCUT2D eigenvalue weighted by Gasteiger charge is -2.12. The second kappa shape index (κ2) is 4.61. The second-order valence-electron chi connectivity index (χ2n) is 3.02. The van der Waals surface area contributed by atoms with Crippen molar-refractivity contribution < 1.29 is 14.6 Å². The first-order valence-corrected chi connectivity index (χ1v) is 4.25. The Balaban J connectivity index is 2.69. The lowest BCUT2D eigenvalue weighted by molar-refractivity contribution is 0.180. The molecule has 5 nitrogen and oxygen atoms in total. The zero-order valence-electron chi connectivity index (χ0n) is 7.87. The second-order valence-corrected chi connectivity index (χ2v) is 3.02. The molecule has 1 aromatic rings. The molecule has 1 atom stereocenters. The summed E-state index contributed by atoms with van der Waals surface area (Å²) in [4.78, 5) is 0. The fourth-order valence-corrected chi connectivity index (χ4v) is 1.06. The monoisotopic (exact) mass is 213 g/mol. The molecule has 6 N–H and O–H groups in total. The maximum absolute atomic E-state index is 12.7. The molecular weight excluding hydrogens is 201 g/mol. The van der Waals surface area contributed by atoms with Gasteiger partial charge in [0.15, 0.2) is 17.5 Å². The minimum absolute atomic E-state index is 0.0282. The van der Waals surface area contributed by atoms with Gasteiger partial charge in [-0.2, -0.15) is 0 Å². The van der Waals surface area contributed by atoms with Gasteiger partial charge in [-0.25, -0.2) is 4.39 Å². The molecule has 0 heterocycles. The van der Waals surface area contributed by atoms with Crippen LogP contribution in [0.5, 0.6) is 5.75 Å². The van der Waals surface area contributed by atoms with Crippen LogP contribution in [0.4, 0.5) is 4.39 Å². The Hall–Kier alpha value is -1.82. The van der Waals surface area contributed by atoms with Crippen LogP contribution in [0.25, 0.3) is 0 Å². The summed E-state index contributed by atoms with van der Waals surface area (Å²) < 4.78 is 12.7. The van der Waals surface area contributed by atoms with Crippen molar-refractivity contribution in [2.75, 3.05) is 6.54 Å². The number of aliphatic hydroxyl groups excluding tert-OH is 1. The van der Waals surface area contributed by atoms with E-state index in [1.807, 2.05) is 0 Å². The third kappa shape index (κ3) is 3.10. The predicted molar refractivity (Wildman–Crippen MR) is 52.9 cm³/mol. The van der Waals surface area contributed by atoms with Gasteiger partial charge in [-0.1, -0.05) is 6.07 Å². The summed E-state index contributed by atoms with van der Waals surface area (Å²) in [7, 11) is 0. The fraction of sp³-hybridized carbons (Fsp3) is 0.222. The molecule has 15 heavy (non-hydrogen) atoms. The fourth-order valence-electron chi connectivity index (χ4n) is 1.06. The number of rotatable bonds is 3. The van der Waals surface area contributed by atoms with Crippen LogP contribution in [-0.2, 0) is 0 Å². The highest BCUT2D eigenvalue weighted by Gasteiger charge is 2.10. The van der Waals surface area contributed by atoms with Gasteiger partial charge in [-0.3, -0.25) is 5.41 Å². The molecule has 1 rings (SSSR count). The zero-order valence-corrected chi connectivity index (χ0v) is 7.87. The lowest BCUT2D eigenvalue weighted by Crippen LogP contribution is -2.33. The van der Waals surface area contributed by atoms with Crippen molar-refractivity contribution >= 4 is 5.96 Å². The van der Waals surface area contributed by atoms with Crippen LogP contribution in [0.3, 0.4) is 0 Å². The van der Waals surface area contributed by atoms with Gasteiger partial charge in [0.05, 0.1) is 6.10 Å². The first-order chi connectivity index (χ1) is 7.00. The van der Waals surface area contributed by atoms with Gasteiger partial charge in [0.1, 0.15) is 0 Å². The highest BCUT2D eigenvalue weighted by atomic mass is 19.1. The summed E-state index contributed by atoms with van der Waals surface area (Å²) in [6.45, 7) is 0.0282. The quantitative estimate of drug-likeness (QED) is 0.361. The largest absolute Gasteiger partial charge is 0.505 e. The average Bonchev–Trinajstić information content (AvgIpc) is 2.18. The molecule has 0 aliphatic carbocycles. The van der Waals surface area contributed by atoms with E-state index in [0.29, 0.717) is 5.56 Å². The van der Waals surface area contributed by atoms with Gasteiger partial charge in [0.2, 0.25) is 0 Å². The number of halogens is 1. The number of phenols is 1. The van der Waals surface area contributed by atoms with E-state index in [4.69, 9.17) is 16.2 Å². The Morgan fingerprint density at radius 1 is 1.60 bits per heavy atom. The SMILES string of the molecule is N=C(N)NC[C@H](O)c1ccc(F)c(O)c1. The van der Waals surface area contributed by atoms with Crippen molar-refractivity contribution in [2.45, 2.75) is 6.10 Å². The summed E-state index contributed by atoms with van der Waals surface area (Å²) in [6, 6.07) is 3.53. The van der Waals surface area contributed by atoms with Crippen LogP contribution in [0, 0.1) is 11.2 Å². The lowest BCUT2D eigenvalue weighted by atomic mass is 10.1. The summed E-state index contributed by atoms with van der Waals surface area (Å²) in [5, 5.41) is 27.9. The smallest absolute Gasteiger partial charge is 0.185 e.